The number of carboxylic acids is 1. The van der Waals surface area contributed by atoms with Gasteiger partial charge in [-0.3, -0.25) is 9.59 Å². The topological polar surface area (TPSA) is 157 Å². The third kappa shape index (κ3) is 11.6. The first-order valence-corrected chi connectivity index (χ1v) is 17.3. The van der Waals surface area contributed by atoms with Crippen molar-refractivity contribution >= 4 is 32.0 Å². The number of ether oxygens (including phenoxy) is 3. The highest BCUT2D eigenvalue weighted by Crippen LogP contribution is 2.29. The Balaban J connectivity index is 0.000000450. The molecule has 14 heteroatoms. The highest BCUT2D eigenvalue weighted by atomic mass is 32.2. The Morgan fingerprint density at radius 1 is 0.644 bits per heavy atom. The number of nitrogens with zero attached hydrogens (tertiary/aromatic N) is 2. The summed E-state index contributed by atoms with van der Waals surface area (Å²) in [6, 6.07) is 6.81. The van der Waals surface area contributed by atoms with Gasteiger partial charge in [-0.2, -0.15) is 0 Å². The number of carboxylic acid groups (broad SMARTS) is 1. The monoisotopic (exact) mass is 672 g/mol. The summed E-state index contributed by atoms with van der Waals surface area (Å²) < 4.78 is 68.3. The van der Waals surface area contributed by atoms with Crippen LogP contribution < -0.4 is 9.47 Å². The number of carbonyl (C=O) groups is 2. The van der Waals surface area contributed by atoms with Crippen LogP contribution in [0.4, 0.5) is 0 Å². The predicted octanol–water partition coefficient (Wildman–Crippen LogP) is 4.46. The Hall–Kier alpha value is -3.20. The first-order chi connectivity index (χ1) is 20.9. The first kappa shape index (κ1) is 39.8. The van der Waals surface area contributed by atoms with Crippen LogP contribution in [0.15, 0.2) is 34.1 Å². The number of methoxy groups -OCH3 is 3. The molecule has 0 aliphatic rings. The summed E-state index contributed by atoms with van der Waals surface area (Å²) in [4.78, 5) is 22.1. The number of hydrogen-bond donors (Lipinski definition) is 1. The zero-order chi connectivity index (χ0) is 34.5. The molecule has 0 spiro atoms. The molecule has 12 nitrogen and oxygen atoms in total. The lowest BCUT2D eigenvalue weighted by molar-refractivity contribution is -0.141. The molecule has 0 heterocycles. The number of esters is 1. The summed E-state index contributed by atoms with van der Waals surface area (Å²) in [5.41, 5.74) is 2.58. The number of aliphatic carboxylic acids is 1. The van der Waals surface area contributed by atoms with Gasteiger partial charge in [-0.25, -0.2) is 25.4 Å². The van der Waals surface area contributed by atoms with Crippen LogP contribution in [0, 0.1) is 27.7 Å². The number of carbonyl (C=O) groups excluding carboxylic acids is 1. The summed E-state index contributed by atoms with van der Waals surface area (Å²) in [7, 11) is 0.331. The average Bonchev–Trinajstić information content (AvgIpc) is 2.96. The minimum absolute atomic E-state index is 0.0501. The van der Waals surface area contributed by atoms with E-state index in [1.54, 1.807) is 66.1 Å². The van der Waals surface area contributed by atoms with Gasteiger partial charge in [0, 0.05) is 40.0 Å². The van der Waals surface area contributed by atoms with Crippen molar-refractivity contribution in [1.29, 1.82) is 0 Å². The second-order valence-corrected chi connectivity index (χ2v) is 14.7. The fourth-order valence-corrected chi connectivity index (χ4v) is 7.96. The molecule has 0 aliphatic heterocycles. The van der Waals surface area contributed by atoms with Crippen molar-refractivity contribution in [2.75, 3.05) is 48.5 Å². The van der Waals surface area contributed by atoms with Gasteiger partial charge in [0.15, 0.2) is 0 Å². The fourth-order valence-electron chi connectivity index (χ4n) is 4.74. The number of hydrogen-bond acceptors (Lipinski definition) is 9. The summed E-state index contributed by atoms with van der Waals surface area (Å²) in [5.74, 6) is 0.113. The van der Waals surface area contributed by atoms with E-state index in [0.29, 0.717) is 83.8 Å². The van der Waals surface area contributed by atoms with Crippen LogP contribution in [0.25, 0.3) is 0 Å². The van der Waals surface area contributed by atoms with E-state index >= 15 is 0 Å². The standard InChI is InChI=1S/C16H25NO5S.C15H23NO5S/c1-12-10-14(21-4)11-13(2)16(12)23(19,20)17(3)9-7-6-8-15(18)22-5;1-11-9-13(21-4)10-12(2)15(11)22(19,20)16(3)8-6-5-7-14(17)18/h10-11H,6-9H2,1-5H3;9-10H,5-8H2,1-4H3,(H,17,18). The summed E-state index contributed by atoms with van der Waals surface area (Å²) in [5, 5.41) is 8.60. The Morgan fingerprint density at radius 2 is 0.978 bits per heavy atom. The van der Waals surface area contributed by atoms with Gasteiger partial charge in [0.2, 0.25) is 20.0 Å². The van der Waals surface area contributed by atoms with E-state index in [0.717, 1.165) is 0 Å². The van der Waals surface area contributed by atoms with Crippen LogP contribution in [0.5, 0.6) is 11.5 Å². The van der Waals surface area contributed by atoms with E-state index in [1.807, 2.05) is 0 Å². The van der Waals surface area contributed by atoms with Gasteiger partial charge >= 0.3 is 11.9 Å². The van der Waals surface area contributed by atoms with E-state index in [2.05, 4.69) is 4.74 Å². The minimum atomic E-state index is -3.60. The molecule has 254 valence electrons. The predicted molar refractivity (Wildman–Crippen MR) is 172 cm³/mol. The largest absolute Gasteiger partial charge is 0.497 e. The fraction of sp³-hybridized carbons (Fsp3) is 0.548. The van der Waals surface area contributed by atoms with E-state index in [9.17, 15) is 26.4 Å². The van der Waals surface area contributed by atoms with Gasteiger partial charge in [-0.15, -0.1) is 0 Å². The van der Waals surface area contributed by atoms with Gasteiger partial charge in [0.1, 0.15) is 11.5 Å². The number of aryl methyl sites for hydroxylation is 4. The molecule has 0 bridgehead atoms. The van der Waals surface area contributed by atoms with Crippen molar-refractivity contribution in [2.24, 2.45) is 0 Å². The highest BCUT2D eigenvalue weighted by molar-refractivity contribution is 7.89. The van der Waals surface area contributed by atoms with Gasteiger partial charge < -0.3 is 19.3 Å². The SMILES string of the molecule is COC(=O)CCCCN(C)S(=O)(=O)c1c(C)cc(OC)cc1C.COc1cc(C)c(S(=O)(=O)N(C)CCCCC(=O)O)c(C)c1. The Morgan fingerprint density at radius 3 is 1.27 bits per heavy atom. The summed E-state index contributed by atoms with van der Waals surface area (Å²) >= 11 is 0. The van der Waals surface area contributed by atoms with Gasteiger partial charge in [-0.05, 0) is 99.9 Å². The molecular formula is C31H48N2O10S2. The van der Waals surface area contributed by atoms with Crippen molar-refractivity contribution in [3.63, 3.8) is 0 Å². The number of rotatable bonds is 16. The van der Waals surface area contributed by atoms with Crippen LogP contribution in [0.2, 0.25) is 0 Å². The maximum atomic E-state index is 12.8. The van der Waals surface area contributed by atoms with E-state index < -0.39 is 26.0 Å². The highest BCUT2D eigenvalue weighted by Gasteiger charge is 2.26. The molecule has 2 aromatic carbocycles. The van der Waals surface area contributed by atoms with Crippen molar-refractivity contribution in [3.8, 4) is 11.5 Å². The normalized spacial score (nSPS) is 11.6. The maximum absolute atomic E-state index is 12.8. The zero-order valence-corrected chi connectivity index (χ0v) is 29.4. The lowest BCUT2D eigenvalue weighted by Gasteiger charge is -2.20. The number of sulfonamides is 2. The molecule has 2 rings (SSSR count). The molecule has 2 aromatic rings. The first-order valence-electron chi connectivity index (χ1n) is 14.5. The Labute approximate surface area is 268 Å². The molecule has 0 saturated carbocycles. The summed E-state index contributed by atoms with van der Waals surface area (Å²) in [6.07, 6.45) is 2.50. The molecule has 0 amide bonds. The Kier molecular flexibility index (Phi) is 16.0. The van der Waals surface area contributed by atoms with Crippen molar-refractivity contribution < 1.29 is 45.7 Å². The number of unbranched alkanes of at least 4 members (excludes halogenated alkanes) is 2. The van der Waals surface area contributed by atoms with Crippen LogP contribution in [0.3, 0.4) is 0 Å². The maximum Gasteiger partial charge on any atom is 0.305 e. The average molecular weight is 673 g/mol. The van der Waals surface area contributed by atoms with Crippen LogP contribution in [-0.2, 0) is 34.4 Å². The smallest absolute Gasteiger partial charge is 0.305 e. The molecule has 45 heavy (non-hydrogen) atoms. The molecule has 0 aromatic heterocycles. The van der Waals surface area contributed by atoms with Gasteiger partial charge in [0.05, 0.1) is 31.1 Å². The van der Waals surface area contributed by atoms with Crippen LogP contribution >= 0.6 is 0 Å². The lowest BCUT2D eigenvalue weighted by Crippen LogP contribution is -2.29. The molecule has 0 saturated heterocycles. The van der Waals surface area contributed by atoms with Crippen molar-refractivity contribution in [2.45, 2.75) is 76.0 Å². The van der Waals surface area contributed by atoms with E-state index in [1.165, 1.54) is 29.9 Å². The van der Waals surface area contributed by atoms with Crippen LogP contribution in [0.1, 0.15) is 60.8 Å². The van der Waals surface area contributed by atoms with Gasteiger partial charge in [-0.1, -0.05) is 0 Å². The lowest BCUT2D eigenvalue weighted by atomic mass is 10.1. The third-order valence-corrected chi connectivity index (χ3v) is 11.4. The van der Waals surface area contributed by atoms with Gasteiger partial charge in [0.25, 0.3) is 0 Å². The molecular weight excluding hydrogens is 624 g/mol. The quantitative estimate of drug-likeness (QED) is 0.199. The zero-order valence-electron chi connectivity index (χ0n) is 27.8. The molecule has 0 fully saturated rings. The van der Waals surface area contributed by atoms with E-state index in [-0.39, 0.29) is 17.3 Å². The van der Waals surface area contributed by atoms with E-state index in [4.69, 9.17) is 14.6 Å². The molecule has 0 atom stereocenters. The number of benzene rings is 2. The summed E-state index contributed by atoms with van der Waals surface area (Å²) in [6.45, 7) is 7.63. The Bertz CT molecular complexity index is 1480. The molecule has 0 aliphatic carbocycles. The second-order valence-electron chi connectivity index (χ2n) is 10.7. The van der Waals surface area contributed by atoms with Crippen LogP contribution in [-0.4, -0.2) is 91.0 Å². The molecule has 0 unspecified atom stereocenters. The molecule has 1 N–H and O–H groups in total. The molecule has 0 radical (unpaired) electrons. The third-order valence-electron chi connectivity index (χ3n) is 7.12. The minimum Gasteiger partial charge on any atom is -0.497 e. The van der Waals surface area contributed by atoms with Crippen molar-refractivity contribution in [1.82, 2.24) is 8.61 Å². The second kappa shape index (κ2) is 18.1. The van der Waals surface area contributed by atoms with Crippen molar-refractivity contribution in [3.05, 3.63) is 46.5 Å².